The van der Waals surface area contributed by atoms with Crippen LogP contribution >= 0.6 is 0 Å². The molecule has 1 saturated heterocycles. The van der Waals surface area contributed by atoms with E-state index in [0.717, 1.165) is 12.1 Å². The lowest BCUT2D eigenvalue weighted by Crippen LogP contribution is -2.65. The first-order valence-corrected chi connectivity index (χ1v) is 14.3. The maximum atomic E-state index is 2.94. The molecule has 1 rings (SSSR count). The second-order valence-corrected chi connectivity index (χ2v) is 24.0. The quantitative estimate of drug-likeness (QED) is 0.700. The number of nitrogens with zero attached hydrogens (tertiary/aromatic N) is 2. The van der Waals surface area contributed by atoms with E-state index in [9.17, 15) is 0 Å². The van der Waals surface area contributed by atoms with Crippen molar-refractivity contribution in [2.75, 3.05) is 0 Å². The van der Waals surface area contributed by atoms with E-state index in [2.05, 4.69) is 62.3 Å². The minimum Gasteiger partial charge on any atom is -0.337 e. The van der Waals surface area contributed by atoms with E-state index in [4.69, 9.17) is 0 Å². The van der Waals surface area contributed by atoms with Crippen molar-refractivity contribution >= 4 is 25.3 Å². The molecule has 5 heteroatoms. The lowest BCUT2D eigenvalue weighted by atomic mass is 10.4. The van der Waals surface area contributed by atoms with Gasteiger partial charge in [0.15, 0.2) is 9.84 Å². The summed E-state index contributed by atoms with van der Waals surface area (Å²) in [6.45, 7) is 20.0. The molecular formula is C10H28N2Si3. The van der Waals surface area contributed by atoms with Gasteiger partial charge in [-0.15, -0.1) is 0 Å². The first-order valence-electron chi connectivity index (χ1n) is 6.16. The minimum absolute atomic E-state index is 0.142. The third-order valence-electron chi connectivity index (χ3n) is 4.48. The monoisotopic (exact) mass is 260 g/mol. The molecule has 0 aromatic rings. The van der Waals surface area contributed by atoms with Crippen molar-refractivity contribution in [3.8, 4) is 0 Å². The Bertz CT molecular complexity index is 215. The highest BCUT2D eigenvalue weighted by atomic mass is 29.3. The summed E-state index contributed by atoms with van der Waals surface area (Å²) >= 11 is 0. The zero-order valence-corrected chi connectivity index (χ0v) is 15.2. The van der Waals surface area contributed by atoms with Crippen LogP contribution in [0.2, 0.25) is 26.2 Å². The summed E-state index contributed by atoms with van der Waals surface area (Å²) < 4.78 is 5.89. The second kappa shape index (κ2) is 4.10. The van der Waals surface area contributed by atoms with E-state index in [1.54, 1.807) is 0 Å². The molecule has 1 heterocycles. The highest BCUT2D eigenvalue weighted by Crippen LogP contribution is 2.34. The molecule has 0 N–H and O–H groups in total. The van der Waals surface area contributed by atoms with Crippen molar-refractivity contribution in [2.24, 2.45) is 0 Å². The highest BCUT2D eigenvalue weighted by Gasteiger charge is 2.56. The van der Waals surface area contributed by atoms with Crippen LogP contribution < -0.4 is 0 Å². The summed E-state index contributed by atoms with van der Waals surface area (Å²) in [6.07, 6.45) is 0. The third-order valence-corrected chi connectivity index (χ3v) is 31.6. The average molecular weight is 261 g/mol. The van der Waals surface area contributed by atoms with E-state index in [1.165, 1.54) is 0 Å². The van der Waals surface area contributed by atoms with Gasteiger partial charge in [-0.2, -0.15) is 0 Å². The Morgan fingerprint density at radius 1 is 0.733 bits per heavy atom. The lowest BCUT2D eigenvalue weighted by Gasteiger charge is -2.42. The maximum absolute atomic E-state index is 2.94. The molecule has 0 bridgehead atoms. The van der Waals surface area contributed by atoms with Gasteiger partial charge >= 0.3 is 0 Å². The maximum Gasteiger partial charge on any atom is 0.159 e. The summed E-state index contributed by atoms with van der Waals surface area (Å²) in [7, 11) is -2.39. The van der Waals surface area contributed by atoms with Crippen LogP contribution in [-0.4, -0.2) is 45.9 Å². The van der Waals surface area contributed by atoms with E-state index in [-0.39, 0.29) is 9.84 Å². The molecule has 0 atom stereocenters. The number of rotatable bonds is 2. The van der Waals surface area contributed by atoms with E-state index in [0.29, 0.717) is 0 Å². The Balaban J connectivity index is 3.04. The van der Waals surface area contributed by atoms with Gasteiger partial charge in [0.1, 0.15) is 15.5 Å². The molecule has 1 aliphatic heterocycles. The molecule has 0 aromatic carbocycles. The van der Waals surface area contributed by atoms with Crippen molar-refractivity contribution in [1.82, 2.24) is 8.46 Å². The Hall–Kier alpha value is 0.571. The summed E-state index contributed by atoms with van der Waals surface area (Å²) in [5, 5.41) is 0. The van der Waals surface area contributed by atoms with Crippen LogP contribution in [0.4, 0.5) is 0 Å². The Morgan fingerprint density at radius 3 is 1.13 bits per heavy atom. The second-order valence-electron chi connectivity index (χ2n) is 6.39. The van der Waals surface area contributed by atoms with E-state index in [1.807, 2.05) is 0 Å². The molecule has 2 nitrogen and oxygen atoms in total. The van der Waals surface area contributed by atoms with Crippen molar-refractivity contribution in [2.45, 2.75) is 66.0 Å². The summed E-state index contributed by atoms with van der Waals surface area (Å²) in [5.41, 5.74) is 0. The van der Waals surface area contributed by atoms with Gasteiger partial charge in [-0.05, 0) is 12.1 Å². The van der Waals surface area contributed by atoms with Gasteiger partial charge in [0.05, 0.1) is 0 Å². The molecule has 0 aromatic heterocycles. The molecule has 1 fully saturated rings. The zero-order chi connectivity index (χ0) is 12.0. The molecule has 0 aliphatic carbocycles. The van der Waals surface area contributed by atoms with Crippen molar-refractivity contribution in [1.29, 1.82) is 0 Å². The lowest BCUT2D eigenvalue weighted by molar-refractivity contribution is 0.482. The van der Waals surface area contributed by atoms with Gasteiger partial charge in [0.2, 0.25) is 0 Å². The van der Waals surface area contributed by atoms with Crippen LogP contribution in [0, 0.1) is 0 Å². The van der Waals surface area contributed by atoms with Gasteiger partial charge in [-0.3, -0.25) is 0 Å². The highest BCUT2D eigenvalue weighted by molar-refractivity contribution is 7.42. The van der Waals surface area contributed by atoms with E-state index >= 15 is 0 Å². The smallest absolute Gasteiger partial charge is 0.159 e. The third kappa shape index (κ3) is 2.04. The molecule has 0 spiro atoms. The van der Waals surface area contributed by atoms with Gasteiger partial charge in [0.25, 0.3) is 0 Å². The first-order chi connectivity index (χ1) is 6.62. The normalized spacial score (nSPS) is 26.8. The summed E-state index contributed by atoms with van der Waals surface area (Å²) in [6, 6.07) is 1.54. The topological polar surface area (TPSA) is 6.48 Å². The molecular weight excluding hydrogens is 232 g/mol. The molecule has 90 valence electrons. The van der Waals surface area contributed by atoms with E-state index < -0.39 is 15.5 Å². The minimum atomic E-state index is -1.13. The predicted molar refractivity (Wildman–Crippen MR) is 77.5 cm³/mol. The van der Waals surface area contributed by atoms with Crippen LogP contribution in [0.25, 0.3) is 0 Å². The fourth-order valence-electron chi connectivity index (χ4n) is 2.84. The van der Waals surface area contributed by atoms with Crippen LogP contribution in [-0.2, 0) is 0 Å². The Kier molecular flexibility index (Phi) is 3.73. The van der Waals surface area contributed by atoms with Crippen LogP contribution in [0.1, 0.15) is 27.7 Å². The molecule has 0 amide bonds. The van der Waals surface area contributed by atoms with Crippen molar-refractivity contribution in [3.05, 3.63) is 0 Å². The standard InChI is InChI=1S/C10H28N2Si3/c1-9(2)11-13-12(10(3)4)15(7,8)14(11,5)6/h9-10H,13H2,1-8H3. The average Bonchev–Trinajstić information content (AvgIpc) is 2.19. The number of hydrogen-bond acceptors (Lipinski definition) is 2. The van der Waals surface area contributed by atoms with Crippen molar-refractivity contribution in [3.63, 3.8) is 0 Å². The van der Waals surface area contributed by atoms with Gasteiger partial charge in [-0.25, -0.2) is 0 Å². The van der Waals surface area contributed by atoms with Gasteiger partial charge in [0, 0.05) is 0 Å². The van der Waals surface area contributed by atoms with Crippen molar-refractivity contribution < 1.29 is 0 Å². The summed E-state index contributed by atoms with van der Waals surface area (Å²) in [5.74, 6) is 0. The molecule has 0 saturated carbocycles. The fourth-order valence-corrected chi connectivity index (χ4v) is 26.0. The first kappa shape index (κ1) is 13.6. The van der Waals surface area contributed by atoms with Crippen LogP contribution in [0.3, 0.4) is 0 Å². The predicted octanol–water partition coefficient (Wildman–Crippen LogP) is 1.91. The zero-order valence-electron chi connectivity index (χ0n) is 11.8. The fraction of sp³-hybridized carbons (Fsp3) is 1.00. The molecule has 1 aliphatic rings. The van der Waals surface area contributed by atoms with Crippen LogP contribution in [0.5, 0.6) is 0 Å². The Morgan fingerprint density at radius 2 is 1.00 bits per heavy atom. The SMILES string of the molecule is CC(C)N1[SiH2]N(C(C)C)[Si](C)(C)[Si]1(C)C. The van der Waals surface area contributed by atoms with Gasteiger partial charge in [-0.1, -0.05) is 53.9 Å². The van der Waals surface area contributed by atoms with Gasteiger partial charge < -0.3 is 8.46 Å². The Labute approximate surface area is 100.0 Å². The molecule has 15 heavy (non-hydrogen) atoms. The summed E-state index contributed by atoms with van der Waals surface area (Å²) in [4.78, 5) is 0. The van der Waals surface area contributed by atoms with Crippen LogP contribution in [0.15, 0.2) is 0 Å². The number of hydrogen-bond donors (Lipinski definition) is 0. The largest absolute Gasteiger partial charge is 0.337 e. The molecule has 0 unspecified atom stereocenters. The molecule has 0 radical (unpaired) electrons.